The Morgan fingerprint density at radius 2 is 0.904 bits per heavy atom. The van der Waals surface area contributed by atoms with Crippen LogP contribution in [-0.4, -0.2) is 63.8 Å². The zero-order valence-corrected chi connectivity index (χ0v) is 33.0. The molecule has 52 heavy (non-hydrogen) atoms. The molecule has 0 amide bonds. The van der Waals surface area contributed by atoms with Crippen molar-refractivity contribution in [3.63, 3.8) is 0 Å². The van der Waals surface area contributed by atoms with Crippen LogP contribution in [0.2, 0.25) is 0 Å². The SMILES string of the molecule is CCCCCCOCC(COc1c2ccc(C)cc2c(OCC(COCCCCCC)OC(=O)CCCC)c2ccc(C)cc12)OC(=O)CCCC. The lowest BCUT2D eigenvalue weighted by Gasteiger charge is -2.23. The molecule has 0 aromatic heterocycles. The summed E-state index contributed by atoms with van der Waals surface area (Å²) in [6, 6.07) is 12.4. The average molecular weight is 723 g/mol. The van der Waals surface area contributed by atoms with Gasteiger partial charge in [0.1, 0.15) is 24.7 Å². The van der Waals surface area contributed by atoms with Gasteiger partial charge in [-0.3, -0.25) is 9.59 Å². The molecule has 3 rings (SSSR count). The molecule has 8 nitrogen and oxygen atoms in total. The van der Waals surface area contributed by atoms with E-state index in [-0.39, 0.29) is 38.4 Å². The van der Waals surface area contributed by atoms with E-state index in [0.29, 0.717) is 37.6 Å². The number of fused-ring (bicyclic) bond motifs is 2. The maximum Gasteiger partial charge on any atom is 0.306 e. The van der Waals surface area contributed by atoms with Gasteiger partial charge in [0.25, 0.3) is 0 Å². The maximum absolute atomic E-state index is 12.7. The molecule has 0 heterocycles. The lowest BCUT2D eigenvalue weighted by atomic mass is 9.97. The lowest BCUT2D eigenvalue weighted by molar-refractivity contribution is -0.155. The molecule has 290 valence electrons. The number of carbonyl (C=O) groups is 2. The fourth-order valence-corrected chi connectivity index (χ4v) is 6.10. The van der Waals surface area contributed by atoms with Crippen LogP contribution in [0.4, 0.5) is 0 Å². The molecule has 2 atom stereocenters. The topological polar surface area (TPSA) is 89.5 Å². The number of aryl methyl sites for hydroxylation is 2. The summed E-state index contributed by atoms with van der Waals surface area (Å²) in [5.74, 6) is 0.947. The van der Waals surface area contributed by atoms with Crippen molar-refractivity contribution in [3.05, 3.63) is 47.5 Å². The molecule has 0 radical (unpaired) electrons. The van der Waals surface area contributed by atoms with Crippen molar-refractivity contribution in [3.8, 4) is 11.5 Å². The molecule has 0 saturated heterocycles. The van der Waals surface area contributed by atoms with Crippen LogP contribution in [0.15, 0.2) is 36.4 Å². The molecule has 0 aliphatic rings. The van der Waals surface area contributed by atoms with Crippen LogP contribution in [-0.2, 0) is 28.5 Å². The van der Waals surface area contributed by atoms with Gasteiger partial charge in [-0.25, -0.2) is 0 Å². The first-order valence-corrected chi connectivity index (χ1v) is 20.1. The van der Waals surface area contributed by atoms with Gasteiger partial charge in [0.2, 0.25) is 0 Å². The van der Waals surface area contributed by atoms with Gasteiger partial charge in [0.15, 0.2) is 12.2 Å². The van der Waals surface area contributed by atoms with Crippen molar-refractivity contribution < 1.29 is 38.0 Å². The Morgan fingerprint density at radius 1 is 0.500 bits per heavy atom. The highest BCUT2D eigenvalue weighted by Gasteiger charge is 2.23. The van der Waals surface area contributed by atoms with E-state index in [2.05, 4.69) is 77.9 Å². The van der Waals surface area contributed by atoms with Crippen LogP contribution < -0.4 is 9.47 Å². The monoisotopic (exact) mass is 722 g/mol. The van der Waals surface area contributed by atoms with Crippen molar-refractivity contribution >= 4 is 33.5 Å². The largest absolute Gasteiger partial charge is 0.488 e. The fraction of sp³-hybridized carbons (Fsp3) is 0.636. The maximum atomic E-state index is 12.7. The van der Waals surface area contributed by atoms with E-state index in [9.17, 15) is 9.59 Å². The number of benzene rings is 3. The third-order valence-corrected chi connectivity index (χ3v) is 9.11. The van der Waals surface area contributed by atoms with Gasteiger partial charge >= 0.3 is 11.9 Å². The minimum absolute atomic E-state index is 0.157. The normalized spacial score (nSPS) is 12.6. The van der Waals surface area contributed by atoms with Gasteiger partial charge in [-0.2, -0.15) is 0 Å². The Labute approximate surface area is 313 Å². The number of carbonyl (C=O) groups excluding carboxylic acids is 2. The minimum Gasteiger partial charge on any atom is -0.488 e. The Hall–Kier alpha value is -3.36. The van der Waals surface area contributed by atoms with Gasteiger partial charge in [0.05, 0.1) is 13.2 Å². The number of ether oxygens (including phenoxy) is 6. The second-order valence-corrected chi connectivity index (χ2v) is 14.1. The summed E-state index contributed by atoms with van der Waals surface area (Å²) < 4.78 is 37.1. The van der Waals surface area contributed by atoms with Crippen LogP contribution in [0.25, 0.3) is 21.5 Å². The summed E-state index contributed by atoms with van der Waals surface area (Å²) in [5, 5.41) is 3.57. The molecule has 0 spiro atoms. The van der Waals surface area contributed by atoms with E-state index in [1.54, 1.807) is 0 Å². The first kappa shape index (κ1) is 43.0. The van der Waals surface area contributed by atoms with Crippen LogP contribution in [0.5, 0.6) is 11.5 Å². The van der Waals surface area contributed by atoms with Gasteiger partial charge in [-0.05, 0) is 51.7 Å². The third kappa shape index (κ3) is 14.9. The predicted octanol–water partition coefficient (Wildman–Crippen LogP) is 10.8. The standard InChI is InChI=1S/C44H66O8/c1-7-11-15-17-25-47-29-35(51-41(45)19-13-9-3)31-49-43-37-23-21-34(6)28-40(37)44(38-24-22-33(5)27-39(38)43)50-32-36(52-42(46)20-14-10-4)30-48-26-18-16-12-8-2/h21-24,27-28,35-36H,7-20,25-26,29-32H2,1-6H3. The van der Waals surface area contributed by atoms with E-state index in [1.807, 2.05) is 0 Å². The number of hydrogen-bond acceptors (Lipinski definition) is 8. The molecule has 2 unspecified atom stereocenters. The summed E-state index contributed by atoms with van der Waals surface area (Å²) in [6.07, 6.45) is 11.9. The highest BCUT2D eigenvalue weighted by Crippen LogP contribution is 2.43. The zero-order chi connectivity index (χ0) is 37.6. The first-order valence-electron chi connectivity index (χ1n) is 20.1. The molecule has 0 bridgehead atoms. The van der Waals surface area contributed by atoms with Crippen molar-refractivity contribution in [1.82, 2.24) is 0 Å². The minimum atomic E-state index is -0.544. The first-order chi connectivity index (χ1) is 25.3. The molecule has 8 heteroatoms. The average Bonchev–Trinajstić information content (AvgIpc) is 3.13. The van der Waals surface area contributed by atoms with E-state index >= 15 is 0 Å². The van der Waals surface area contributed by atoms with E-state index in [1.165, 1.54) is 12.8 Å². The predicted molar refractivity (Wildman–Crippen MR) is 211 cm³/mol. The zero-order valence-electron chi connectivity index (χ0n) is 33.0. The number of rotatable bonds is 28. The van der Waals surface area contributed by atoms with Gasteiger partial charge in [-0.1, -0.05) is 114 Å². The van der Waals surface area contributed by atoms with Gasteiger partial charge < -0.3 is 28.4 Å². The second-order valence-electron chi connectivity index (χ2n) is 14.1. The summed E-state index contributed by atoms with van der Waals surface area (Å²) in [6.45, 7) is 14.7. The summed E-state index contributed by atoms with van der Waals surface area (Å²) >= 11 is 0. The molecular weight excluding hydrogens is 656 g/mol. The molecular formula is C44H66O8. The third-order valence-electron chi connectivity index (χ3n) is 9.11. The Balaban J connectivity index is 1.91. The number of hydrogen-bond donors (Lipinski definition) is 0. The van der Waals surface area contributed by atoms with Crippen molar-refractivity contribution in [2.75, 3.05) is 39.6 Å². The highest BCUT2D eigenvalue weighted by molar-refractivity contribution is 6.11. The van der Waals surface area contributed by atoms with E-state index in [4.69, 9.17) is 28.4 Å². The molecule has 0 saturated carbocycles. The lowest BCUT2D eigenvalue weighted by Crippen LogP contribution is -2.30. The Bertz CT molecular complexity index is 1370. The van der Waals surface area contributed by atoms with Crippen molar-refractivity contribution in [2.24, 2.45) is 0 Å². The Morgan fingerprint density at radius 3 is 1.29 bits per heavy atom. The highest BCUT2D eigenvalue weighted by atomic mass is 16.6. The molecule has 0 aliphatic carbocycles. The second kappa shape index (κ2) is 24.8. The fourth-order valence-electron chi connectivity index (χ4n) is 6.10. The number of unbranched alkanes of at least 4 members (excludes halogenated alkanes) is 8. The van der Waals surface area contributed by atoms with Crippen molar-refractivity contribution in [2.45, 2.75) is 144 Å². The van der Waals surface area contributed by atoms with Crippen LogP contribution in [0.1, 0.15) is 129 Å². The smallest absolute Gasteiger partial charge is 0.306 e. The van der Waals surface area contributed by atoms with Crippen LogP contribution in [0.3, 0.4) is 0 Å². The quantitative estimate of drug-likeness (QED) is 0.0416. The Kier molecular flexibility index (Phi) is 20.5. The molecule has 0 N–H and O–H groups in total. The van der Waals surface area contributed by atoms with Crippen LogP contribution in [0, 0.1) is 13.8 Å². The van der Waals surface area contributed by atoms with Crippen LogP contribution >= 0.6 is 0 Å². The molecule has 0 fully saturated rings. The summed E-state index contributed by atoms with van der Waals surface area (Å²) in [5.41, 5.74) is 2.15. The summed E-state index contributed by atoms with van der Waals surface area (Å²) in [4.78, 5) is 25.5. The van der Waals surface area contributed by atoms with Gasteiger partial charge in [0, 0.05) is 47.6 Å². The molecule has 3 aromatic carbocycles. The molecule has 0 aliphatic heterocycles. The van der Waals surface area contributed by atoms with Crippen molar-refractivity contribution in [1.29, 1.82) is 0 Å². The molecule has 3 aromatic rings. The number of esters is 2. The van der Waals surface area contributed by atoms with E-state index < -0.39 is 12.2 Å². The van der Waals surface area contributed by atoms with Gasteiger partial charge in [-0.15, -0.1) is 0 Å². The van der Waals surface area contributed by atoms with E-state index in [0.717, 1.165) is 96.9 Å². The summed E-state index contributed by atoms with van der Waals surface area (Å²) in [7, 11) is 0.